The largest absolute Gasteiger partial charge is 0.540 e. The van der Waals surface area contributed by atoms with Crippen LogP contribution in [0.5, 0.6) is 0 Å². The molecular weight excluding hydrogens is 274 g/mol. The molecule has 1 aromatic carbocycles. The van der Waals surface area contributed by atoms with Crippen LogP contribution < -0.4 is 5.19 Å². The zero-order valence-corrected chi connectivity index (χ0v) is 9.97. The lowest BCUT2D eigenvalue weighted by Gasteiger charge is -2.04. The Morgan fingerprint density at radius 2 is 1.46 bits per heavy atom. The summed E-state index contributed by atoms with van der Waals surface area (Å²) < 4.78 is 10.8. The Kier molecular flexibility index (Phi) is 3.60. The molecule has 0 saturated heterocycles. The van der Waals surface area contributed by atoms with Gasteiger partial charge in [0.2, 0.25) is 0 Å². The predicted molar refractivity (Wildman–Crippen MR) is 54.8 cm³/mol. The van der Waals surface area contributed by atoms with Crippen LogP contribution in [0.25, 0.3) is 0 Å². The first-order valence-electron chi connectivity index (χ1n) is 3.01. The van der Waals surface area contributed by atoms with Crippen molar-refractivity contribution >= 4 is 60.5 Å². The van der Waals surface area contributed by atoms with Gasteiger partial charge >= 0.3 is 8.93 Å². The van der Waals surface area contributed by atoms with Crippen LogP contribution in [0.15, 0.2) is 6.07 Å². The number of rotatable bonds is 1. The quantitative estimate of drug-likeness (QED) is 0.631. The minimum atomic E-state index is -3.00. The van der Waals surface area contributed by atoms with E-state index in [1.165, 1.54) is 6.07 Å². The van der Waals surface area contributed by atoms with Crippen LogP contribution in [0, 0.1) is 0 Å². The van der Waals surface area contributed by atoms with Gasteiger partial charge in [0.15, 0.2) is 0 Å². The number of halogens is 4. The van der Waals surface area contributed by atoms with Gasteiger partial charge in [0.25, 0.3) is 0 Å². The van der Waals surface area contributed by atoms with Crippen molar-refractivity contribution in [2.24, 2.45) is 0 Å². The van der Waals surface area contributed by atoms with Crippen LogP contribution in [0.3, 0.4) is 0 Å². The lowest BCUT2D eigenvalue weighted by atomic mass is 10.3. The van der Waals surface area contributed by atoms with E-state index >= 15 is 0 Å². The lowest BCUT2D eigenvalue weighted by Crippen LogP contribution is -2.23. The molecule has 7 heteroatoms. The maximum Gasteiger partial charge on any atom is 0.540 e. The highest BCUT2D eigenvalue weighted by Crippen LogP contribution is 2.29. The summed E-state index contributed by atoms with van der Waals surface area (Å²) in [6.07, 6.45) is 0. The third-order valence-electron chi connectivity index (χ3n) is 1.33. The van der Waals surface area contributed by atoms with Crippen molar-refractivity contribution in [1.82, 2.24) is 0 Å². The smallest absolute Gasteiger partial charge is 0.537 e. The second kappa shape index (κ2) is 4.15. The van der Waals surface area contributed by atoms with E-state index in [9.17, 15) is 4.46 Å². The van der Waals surface area contributed by atoms with Gasteiger partial charge in [0.05, 0.1) is 25.3 Å². The second-order valence-corrected chi connectivity index (χ2v) is 4.83. The topological polar surface area (TPSA) is 37.3 Å². The Hall–Kier alpha value is 0.197. The minimum absolute atomic E-state index is 0.0255. The van der Waals surface area contributed by atoms with Crippen molar-refractivity contribution in [3.63, 3.8) is 0 Å². The highest BCUT2D eigenvalue weighted by molar-refractivity contribution is 6.65. The Balaban J connectivity index is 3.56. The summed E-state index contributed by atoms with van der Waals surface area (Å²) in [7, 11) is -3.00. The van der Waals surface area contributed by atoms with Crippen molar-refractivity contribution < 1.29 is 9.26 Å². The van der Waals surface area contributed by atoms with Gasteiger partial charge < -0.3 is 9.26 Å². The van der Waals surface area contributed by atoms with E-state index in [2.05, 4.69) is 0 Å². The maximum absolute atomic E-state index is 10.8. The van der Waals surface area contributed by atoms with Gasteiger partial charge in [-0.2, -0.15) is 0 Å². The second-order valence-electron chi connectivity index (χ2n) is 2.15. The molecule has 13 heavy (non-hydrogen) atoms. The first-order valence-corrected chi connectivity index (χ1v) is 5.88. The van der Waals surface area contributed by atoms with E-state index in [4.69, 9.17) is 51.2 Å². The summed E-state index contributed by atoms with van der Waals surface area (Å²) in [5, 5.41) is 0.0766. The number of hydrogen-bond donors (Lipinski definition) is 1. The summed E-state index contributed by atoms with van der Waals surface area (Å²) in [4.78, 5) is 8.89. The summed E-state index contributed by atoms with van der Waals surface area (Å²) >= 11 is 22.6. The fourth-order valence-corrected chi connectivity index (χ4v) is 2.86. The van der Waals surface area contributed by atoms with Gasteiger partial charge in [-0.1, -0.05) is 46.4 Å². The van der Waals surface area contributed by atoms with Crippen molar-refractivity contribution in [3.8, 4) is 0 Å². The van der Waals surface area contributed by atoms with Crippen molar-refractivity contribution in [1.29, 1.82) is 0 Å². The molecule has 0 bridgehead atoms. The monoisotopic (exact) mass is 274 g/mol. The molecule has 0 aliphatic heterocycles. The molecule has 0 atom stereocenters. The first-order chi connectivity index (χ1) is 5.95. The molecule has 0 aliphatic carbocycles. The minimum Gasteiger partial charge on any atom is -0.537 e. The van der Waals surface area contributed by atoms with Crippen LogP contribution in [0.1, 0.15) is 0 Å². The van der Waals surface area contributed by atoms with Crippen molar-refractivity contribution in [2.75, 3.05) is 0 Å². The van der Waals surface area contributed by atoms with E-state index in [-0.39, 0.29) is 25.3 Å². The van der Waals surface area contributed by atoms with Gasteiger partial charge in [-0.3, -0.25) is 0 Å². The Labute approximate surface area is 95.8 Å². The van der Waals surface area contributed by atoms with Gasteiger partial charge in [0.1, 0.15) is 0 Å². The highest BCUT2D eigenvalue weighted by atomic mass is 35.5. The average molecular weight is 276 g/mol. The van der Waals surface area contributed by atoms with Crippen molar-refractivity contribution in [2.45, 2.75) is 0 Å². The molecule has 1 N–H and O–H groups in total. The summed E-state index contributed by atoms with van der Waals surface area (Å²) in [5.74, 6) is 0. The molecule has 1 rings (SSSR count). The predicted octanol–water partition coefficient (Wildman–Crippen LogP) is 2.42. The summed E-state index contributed by atoms with van der Waals surface area (Å²) in [6, 6.07) is 1.32. The number of benzene rings is 1. The standard InChI is InChI=1S/C6H2Cl4O2Si/c7-2-1-3(8)5(10)6(4(2)9)13(11)12/h1,11H. The van der Waals surface area contributed by atoms with Crippen LogP contribution in [-0.2, 0) is 4.46 Å². The average Bonchev–Trinajstić information content (AvgIpc) is 2.01. The summed E-state index contributed by atoms with van der Waals surface area (Å²) in [5.41, 5.74) is 0. The molecule has 0 amide bonds. The molecule has 0 aromatic heterocycles. The molecule has 0 heterocycles. The zero-order valence-electron chi connectivity index (χ0n) is 5.94. The lowest BCUT2D eigenvalue weighted by molar-refractivity contribution is 0.462. The van der Waals surface area contributed by atoms with Crippen LogP contribution in [0.2, 0.25) is 20.1 Å². The summed E-state index contributed by atoms with van der Waals surface area (Å²) in [6.45, 7) is 0. The van der Waals surface area contributed by atoms with E-state index in [0.29, 0.717) is 0 Å². The van der Waals surface area contributed by atoms with E-state index < -0.39 is 8.93 Å². The third-order valence-corrected chi connectivity index (χ3v) is 4.15. The van der Waals surface area contributed by atoms with E-state index in [0.717, 1.165) is 0 Å². The normalized spacial score (nSPS) is 10.2. The van der Waals surface area contributed by atoms with Gasteiger partial charge in [-0.05, 0) is 6.07 Å². The van der Waals surface area contributed by atoms with E-state index in [1.807, 2.05) is 0 Å². The molecular formula is C6H2Cl4O2Si. The van der Waals surface area contributed by atoms with Crippen LogP contribution >= 0.6 is 46.4 Å². The molecule has 0 saturated carbocycles. The van der Waals surface area contributed by atoms with Crippen LogP contribution in [-0.4, -0.2) is 13.7 Å². The Morgan fingerprint density at radius 3 is 1.77 bits per heavy atom. The van der Waals surface area contributed by atoms with E-state index in [1.54, 1.807) is 0 Å². The number of hydrogen-bond acceptors (Lipinski definition) is 1. The van der Waals surface area contributed by atoms with Crippen molar-refractivity contribution in [3.05, 3.63) is 26.2 Å². The van der Waals surface area contributed by atoms with Gasteiger partial charge in [-0.15, -0.1) is 0 Å². The maximum atomic E-state index is 10.8. The molecule has 0 aliphatic rings. The van der Waals surface area contributed by atoms with Gasteiger partial charge in [-0.25, -0.2) is 0 Å². The molecule has 0 radical (unpaired) electrons. The fraction of sp³-hybridized carbons (Fsp3) is 0. The first kappa shape index (κ1) is 11.3. The molecule has 0 unspecified atom stereocenters. The SMILES string of the molecule is O=[Si](O)c1c(Cl)c(Cl)cc(Cl)c1Cl. The molecule has 70 valence electrons. The Bertz CT molecular complexity index is 353. The molecule has 1 aromatic rings. The Morgan fingerprint density at radius 1 is 1.08 bits per heavy atom. The molecule has 0 fully saturated rings. The zero-order chi connectivity index (χ0) is 10.2. The molecule has 2 nitrogen and oxygen atoms in total. The van der Waals surface area contributed by atoms with Gasteiger partial charge in [0, 0.05) is 0 Å². The fourth-order valence-electron chi connectivity index (χ4n) is 0.761. The highest BCUT2D eigenvalue weighted by Gasteiger charge is 2.21. The van der Waals surface area contributed by atoms with Crippen LogP contribution in [0.4, 0.5) is 0 Å². The third kappa shape index (κ3) is 2.17. The molecule has 0 spiro atoms.